The predicted molar refractivity (Wildman–Crippen MR) is 75.2 cm³/mol. The van der Waals surface area contributed by atoms with E-state index in [1.165, 1.54) is 25.0 Å². The van der Waals surface area contributed by atoms with Crippen LogP contribution in [0.5, 0.6) is 0 Å². The zero-order valence-electron chi connectivity index (χ0n) is 11.9. The third-order valence-electron chi connectivity index (χ3n) is 3.30. The molecule has 0 aliphatic carbocycles. The molecule has 1 rings (SSSR count). The Labute approximate surface area is 106 Å². The van der Waals surface area contributed by atoms with Crippen LogP contribution in [0.2, 0.25) is 0 Å². The minimum Gasteiger partial charge on any atom is -0.350 e. The molecule has 0 radical (unpaired) electrons. The van der Waals surface area contributed by atoms with E-state index in [0.29, 0.717) is 6.04 Å². The SMILES string of the molecule is CCCNC(C)c1cccn1CC(C)CCC. The maximum Gasteiger partial charge on any atom is 0.0446 e. The Morgan fingerprint density at radius 1 is 1.24 bits per heavy atom. The van der Waals surface area contributed by atoms with Gasteiger partial charge in [-0.25, -0.2) is 0 Å². The van der Waals surface area contributed by atoms with Crippen LogP contribution in [0.4, 0.5) is 0 Å². The quantitative estimate of drug-likeness (QED) is 0.722. The molecule has 0 saturated heterocycles. The van der Waals surface area contributed by atoms with Crippen LogP contribution in [0, 0.1) is 5.92 Å². The number of hydrogen-bond donors (Lipinski definition) is 1. The first kappa shape index (κ1) is 14.3. The molecule has 0 saturated carbocycles. The molecule has 1 N–H and O–H groups in total. The second-order valence-electron chi connectivity index (χ2n) is 5.16. The Morgan fingerprint density at radius 3 is 2.65 bits per heavy atom. The van der Waals surface area contributed by atoms with E-state index in [0.717, 1.165) is 19.0 Å². The maximum atomic E-state index is 3.56. The van der Waals surface area contributed by atoms with Gasteiger partial charge in [-0.05, 0) is 44.4 Å². The molecular formula is C15H28N2. The Balaban J connectivity index is 2.58. The molecule has 0 aromatic carbocycles. The van der Waals surface area contributed by atoms with Crippen molar-refractivity contribution >= 4 is 0 Å². The van der Waals surface area contributed by atoms with Crippen LogP contribution >= 0.6 is 0 Å². The fourth-order valence-corrected chi connectivity index (χ4v) is 2.37. The van der Waals surface area contributed by atoms with Crippen LogP contribution in [0.25, 0.3) is 0 Å². The van der Waals surface area contributed by atoms with Crippen molar-refractivity contribution in [1.82, 2.24) is 9.88 Å². The van der Waals surface area contributed by atoms with Gasteiger partial charge in [0.1, 0.15) is 0 Å². The first-order chi connectivity index (χ1) is 8.19. The van der Waals surface area contributed by atoms with E-state index >= 15 is 0 Å². The fraction of sp³-hybridized carbons (Fsp3) is 0.733. The summed E-state index contributed by atoms with van der Waals surface area (Å²) >= 11 is 0. The highest BCUT2D eigenvalue weighted by atomic mass is 15.0. The summed E-state index contributed by atoms with van der Waals surface area (Å²) in [5, 5.41) is 3.56. The molecule has 1 aromatic rings. The second kappa shape index (κ2) is 7.54. The number of nitrogens with zero attached hydrogens (tertiary/aromatic N) is 1. The summed E-state index contributed by atoms with van der Waals surface area (Å²) in [4.78, 5) is 0. The molecule has 2 heteroatoms. The Kier molecular flexibility index (Phi) is 6.35. The summed E-state index contributed by atoms with van der Waals surface area (Å²) in [5.41, 5.74) is 1.42. The molecular weight excluding hydrogens is 208 g/mol. The number of rotatable bonds is 8. The highest BCUT2D eigenvalue weighted by Crippen LogP contribution is 2.17. The zero-order valence-corrected chi connectivity index (χ0v) is 11.9. The van der Waals surface area contributed by atoms with E-state index in [1.54, 1.807) is 0 Å². The smallest absolute Gasteiger partial charge is 0.0446 e. The molecule has 1 heterocycles. The number of hydrogen-bond acceptors (Lipinski definition) is 1. The van der Waals surface area contributed by atoms with Crippen LogP contribution in [-0.2, 0) is 6.54 Å². The molecule has 0 spiro atoms. The minimum absolute atomic E-state index is 0.457. The van der Waals surface area contributed by atoms with Gasteiger partial charge < -0.3 is 9.88 Å². The Bertz CT molecular complexity index is 304. The van der Waals surface area contributed by atoms with Crippen LogP contribution in [-0.4, -0.2) is 11.1 Å². The van der Waals surface area contributed by atoms with Gasteiger partial charge in [0.2, 0.25) is 0 Å². The molecule has 0 aliphatic rings. The standard InChI is InChI=1S/C15H28N2/c1-5-8-13(3)12-17-11-7-9-15(17)14(4)16-10-6-2/h7,9,11,13-14,16H,5-6,8,10,12H2,1-4H3. The first-order valence-corrected chi connectivity index (χ1v) is 7.07. The van der Waals surface area contributed by atoms with Gasteiger partial charge in [0.05, 0.1) is 0 Å². The van der Waals surface area contributed by atoms with Crippen molar-refractivity contribution in [2.75, 3.05) is 6.54 Å². The average Bonchev–Trinajstić information content (AvgIpc) is 2.74. The fourth-order valence-electron chi connectivity index (χ4n) is 2.37. The lowest BCUT2D eigenvalue weighted by Crippen LogP contribution is -2.22. The lowest BCUT2D eigenvalue weighted by molar-refractivity contribution is 0.424. The monoisotopic (exact) mass is 236 g/mol. The van der Waals surface area contributed by atoms with Gasteiger partial charge in [-0.1, -0.05) is 27.2 Å². The molecule has 0 bridgehead atoms. The van der Waals surface area contributed by atoms with Crippen molar-refractivity contribution in [3.05, 3.63) is 24.0 Å². The lowest BCUT2D eigenvalue weighted by Gasteiger charge is -2.19. The average molecular weight is 236 g/mol. The van der Waals surface area contributed by atoms with Crippen LogP contribution < -0.4 is 5.32 Å². The third-order valence-corrected chi connectivity index (χ3v) is 3.30. The highest BCUT2D eigenvalue weighted by Gasteiger charge is 2.10. The Hall–Kier alpha value is -0.760. The van der Waals surface area contributed by atoms with Gasteiger partial charge in [0.25, 0.3) is 0 Å². The molecule has 2 atom stereocenters. The van der Waals surface area contributed by atoms with Gasteiger partial charge in [0.15, 0.2) is 0 Å². The van der Waals surface area contributed by atoms with Crippen molar-refractivity contribution in [2.24, 2.45) is 5.92 Å². The van der Waals surface area contributed by atoms with Gasteiger partial charge in [0, 0.05) is 24.5 Å². The predicted octanol–water partition coefficient (Wildman–Crippen LogP) is 3.98. The zero-order chi connectivity index (χ0) is 12.7. The van der Waals surface area contributed by atoms with Crippen molar-refractivity contribution < 1.29 is 0 Å². The number of nitrogens with one attached hydrogen (secondary N) is 1. The molecule has 0 aliphatic heterocycles. The highest BCUT2D eigenvalue weighted by molar-refractivity contribution is 5.11. The third kappa shape index (κ3) is 4.55. The molecule has 0 amide bonds. The maximum absolute atomic E-state index is 3.56. The van der Waals surface area contributed by atoms with Crippen molar-refractivity contribution in [1.29, 1.82) is 0 Å². The Morgan fingerprint density at radius 2 is 2.00 bits per heavy atom. The topological polar surface area (TPSA) is 17.0 Å². The molecule has 0 fully saturated rings. The van der Waals surface area contributed by atoms with Gasteiger partial charge >= 0.3 is 0 Å². The van der Waals surface area contributed by atoms with E-state index in [1.807, 2.05) is 0 Å². The summed E-state index contributed by atoms with van der Waals surface area (Å²) in [6, 6.07) is 4.86. The van der Waals surface area contributed by atoms with Gasteiger partial charge in [-0.2, -0.15) is 0 Å². The van der Waals surface area contributed by atoms with E-state index < -0.39 is 0 Å². The van der Waals surface area contributed by atoms with Gasteiger partial charge in [-0.15, -0.1) is 0 Å². The van der Waals surface area contributed by atoms with E-state index in [-0.39, 0.29) is 0 Å². The molecule has 2 nitrogen and oxygen atoms in total. The van der Waals surface area contributed by atoms with Crippen molar-refractivity contribution in [2.45, 2.75) is 59.5 Å². The van der Waals surface area contributed by atoms with E-state index in [2.05, 4.69) is 55.9 Å². The summed E-state index contributed by atoms with van der Waals surface area (Å²) in [5.74, 6) is 0.768. The summed E-state index contributed by atoms with van der Waals surface area (Å²) in [7, 11) is 0. The number of aromatic nitrogens is 1. The summed E-state index contributed by atoms with van der Waals surface area (Å²) in [6.45, 7) is 11.3. The largest absolute Gasteiger partial charge is 0.350 e. The molecule has 17 heavy (non-hydrogen) atoms. The second-order valence-corrected chi connectivity index (χ2v) is 5.16. The van der Waals surface area contributed by atoms with Crippen molar-refractivity contribution in [3.8, 4) is 0 Å². The minimum atomic E-state index is 0.457. The summed E-state index contributed by atoms with van der Waals surface area (Å²) < 4.78 is 2.41. The van der Waals surface area contributed by atoms with Crippen molar-refractivity contribution in [3.63, 3.8) is 0 Å². The van der Waals surface area contributed by atoms with Crippen LogP contribution in [0.3, 0.4) is 0 Å². The van der Waals surface area contributed by atoms with Gasteiger partial charge in [-0.3, -0.25) is 0 Å². The first-order valence-electron chi connectivity index (χ1n) is 7.07. The van der Waals surface area contributed by atoms with Crippen LogP contribution in [0.1, 0.15) is 58.7 Å². The molecule has 2 unspecified atom stereocenters. The normalized spacial score (nSPS) is 14.8. The summed E-state index contributed by atoms with van der Waals surface area (Å²) in [6.07, 6.45) is 6.00. The van der Waals surface area contributed by atoms with E-state index in [9.17, 15) is 0 Å². The van der Waals surface area contributed by atoms with Crippen LogP contribution in [0.15, 0.2) is 18.3 Å². The lowest BCUT2D eigenvalue weighted by atomic mass is 10.1. The molecule has 98 valence electrons. The molecule has 1 aromatic heterocycles. The van der Waals surface area contributed by atoms with E-state index in [4.69, 9.17) is 0 Å².